The summed E-state index contributed by atoms with van der Waals surface area (Å²) in [5, 5.41) is 18.7. The zero-order chi connectivity index (χ0) is 12.3. The Morgan fingerprint density at radius 1 is 1.24 bits per heavy atom. The molecule has 0 radical (unpaired) electrons. The molecule has 17 heavy (non-hydrogen) atoms. The largest absolute Gasteiger partial charge is 0.458 e. The molecule has 0 bridgehead atoms. The molecule has 2 rings (SSSR count). The van der Waals surface area contributed by atoms with Crippen LogP contribution < -0.4 is 0 Å². The lowest BCUT2D eigenvalue weighted by molar-refractivity contribution is 0.156. The van der Waals surface area contributed by atoms with E-state index in [1.165, 1.54) is 0 Å². The Kier molecular flexibility index (Phi) is 3.48. The predicted octanol–water partition coefficient (Wildman–Crippen LogP) is 3.55. The summed E-state index contributed by atoms with van der Waals surface area (Å²) in [6, 6.07) is 12.5. The van der Waals surface area contributed by atoms with E-state index in [1.54, 1.807) is 24.3 Å². The first-order valence-electron chi connectivity index (χ1n) is 5.11. The normalized spacial score (nSPS) is 12.1. The van der Waals surface area contributed by atoms with Gasteiger partial charge >= 0.3 is 0 Å². The van der Waals surface area contributed by atoms with Gasteiger partial charge in [0.15, 0.2) is 0 Å². The van der Waals surface area contributed by atoms with Crippen molar-refractivity contribution in [2.45, 2.75) is 12.5 Å². The molecule has 3 nitrogen and oxygen atoms in total. The zero-order valence-electron chi connectivity index (χ0n) is 8.93. The van der Waals surface area contributed by atoms with Crippen LogP contribution in [0.5, 0.6) is 0 Å². The van der Waals surface area contributed by atoms with Crippen molar-refractivity contribution in [3.05, 3.63) is 47.2 Å². The van der Waals surface area contributed by atoms with Crippen LogP contribution in [0.2, 0.25) is 5.02 Å². The molecule has 0 fully saturated rings. The van der Waals surface area contributed by atoms with E-state index in [0.717, 1.165) is 5.56 Å². The number of benzene rings is 1. The van der Waals surface area contributed by atoms with Gasteiger partial charge in [-0.25, -0.2) is 0 Å². The fraction of sp³-hybridized carbons (Fsp3) is 0.154. The van der Waals surface area contributed by atoms with Gasteiger partial charge in [-0.1, -0.05) is 11.6 Å². The van der Waals surface area contributed by atoms with Crippen molar-refractivity contribution in [3.8, 4) is 17.4 Å². The zero-order valence-corrected chi connectivity index (χ0v) is 9.69. The van der Waals surface area contributed by atoms with Crippen LogP contribution in [-0.4, -0.2) is 5.11 Å². The van der Waals surface area contributed by atoms with E-state index in [2.05, 4.69) is 0 Å². The summed E-state index contributed by atoms with van der Waals surface area (Å²) in [7, 11) is 0. The quantitative estimate of drug-likeness (QED) is 0.902. The average molecular weight is 248 g/mol. The minimum absolute atomic E-state index is 0.0214. The highest BCUT2D eigenvalue weighted by atomic mass is 35.5. The minimum atomic E-state index is -0.874. The molecule has 1 heterocycles. The molecule has 2 aromatic rings. The van der Waals surface area contributed by atoms with E-state index >= 15 is 0 Å². The molecule has 0 aliphatic rings. The highest BCUT2D eigenvalue weighted by Gasteiger charge is 2.12. The van der Waals surface area contributed by atoms with Crippen molar-refractivity contribution in [1.82, 2.24) is 0 Å². The summed E-state index contributed by atoms with van der Waals surface area (Å²) >= 11 is 5.79. The van der Waals surface area contributed by atoms with Crippen molar-refractivity contribution >= 4 is 11.6 Å². The Morgan fingerprint density at radius 2 is 1.94 bits per heavy atom. The van der Waals surface area contributed by atoms with E-state index in [4.69, 9.17) is 21.3 Å². The van der Waals surface area contributed by atoms with Crippen LogP contribution in [0.15, 0.2) is 40.8 Å². The lowest BCUT2D eigenvalue weighted by atomic mass is 10.2. The van der Waals surface area contributed by atoms with Crippen molar-refractivity contribution in [3.63, 3.8) is 0 Å². The third-order valence-corrected chi connectivity index (χ3v) is 2.62. The van der Waals surface area contributed by atoms with Crippen LogP contribution in [0.25, 0.3) is 11.3 Å². The Balaban J connectivity index is 2.24. The van der Waals surface area contributed by atoms with Gasteiger partial charge in [0.1, 0.15) is 17.6 Å². The molecule has 0 saturated carbocycles. The Labute approximate surface area is 104 Å². The van der Waals surface area contributed by atoms with Gasteiger partial charge < -0.3 is 9.52 Å². The van der Waals surface area contributed by atoms with Crippen molar-refractivity contribution in [2.75, 3.05) is 0 Å². The summed E-state index contributed by atoms with van der Waals surface area (Å²) in [4.78, 5) is 0. The van der Waals surface area contributed by atoms with Crippen LogP contribution in [0.4, 0.5) is 0 Å². The number of furan rings is 1. The van der Waals surface area contributed by atoms with Crippen molar-refractivity contribution in [2.24, 2.45) is 0 Å². The number of hydrogen-bond acceptors (Lipinski definition) is 3. The summed E-state index contributed by atoms with van der Waals surface area (Å²) in [5.41, 5.74) is 0.879. The number of nitrogens with zero attached hydrogens (tertiary/aromatic N) is 1. The second-order valence-corrected chi connectivity index (χ2v) is 4.02. The summed E-state index contributed by atoms with van der Waals surface area (Å²) in [6.45, 7) is 0. The number of rotatable bonds is 3. The molecule has 0 unspecified atom stereocenters. The van der Waals surface area contributed by atoms with Gasteiger partial charge in [0, 0.05) is 10.6 Å². The molecule has 1 aromatic heterocycles. The minimum Gasteiger partial charge on any atom is -0.458 e. The van der Waals surface area contributed by atoms with E-state index in [0.29, 0.717) is 16.5 Å². The predicted molar refractivity (Wildman–Crippen MR) is 64.3 cm³/mol. The van der Waals surface area contributed by atoms with Crippen LogP contribution in [0.1, 0.15) is 18.3 Å². The van der Waals surface area contributed by atoms with E-state index < -0.39 is 6.10 Å². The fourth-order valence-electron chi connectivity index (χ4n) is 1.49. The van der Waals surface area contributed by atoms with Crippen LogP contribution in [0, 0.1) is 11.3 Å². The highest BCUT2D eigenvalue weighted by Crippen LogP contribution is 2.27. The Hall–Kier alpha value is -1.76. The number of aliphatic hydroxyl groups is 1. The first-order valence-corrected chi connectivity index (χ1v) is 5.49. The van der Waals surface area contributed by atoms with Crippen LogP contribution in [-0.2, 0) is 0 Å². The molecule has 0 spiro atoms. The first kappa shape index (κ1) is 11.7. The summed E-state index contributed by atoms with van der Waals surface area (Å²) in [5.74, 6) is 1.05. The Morgan fingerprint density at radius 3 is 2.59 bits per heavy atom. The molecular formula is C13H10ClNO2. The summed E-state index contributed by atoms with van der Waals surface area (Å²) in [6.07, 6.45) is -0.853. The van der Waals surface area contributed by atoms with Gasteiger partial charge in [-0.15, -0.1) is 0 Å². The molecule has 0 aliphatic carbocycles. The molecular weight excluding hydrogens is 238 g/mol. The molecule has 0 aliphatic heterocycles. The number of nitriles is 1. The second-order valence-electron chi connectivity index (χ2n) is 3.59. The highest BCUT2D eigenvalue weighted by molar-refractivity contribution is 6.30. The maximum atomic E-state index is 9.59. The molecule has 4 heteroatoms. The smallest absolute Gasteiger partial charge is 0.134 e. The van der Waals surface area contributed by atoms with Crippen molar-refractivity contribution < 1.29 is 9.52 Å². The number of halogens is 1. The average Bonchev–Trinajstić information content (AvgIpc) is 2.80. The van der Waals surface area contributed by atoms with Gasteiger partial charge in [0.25, 0.3) is 0 Å². The van der Waals surface area contributed by atoms with Crippen LogP contribution in [0.3, 0.4) is 0 Å². The number of aliphatic hydroxyl groups excluding tert-OH is 1. The molecule has 0 amide bonds. The van der Waals surface area contributed by atoms with Gasteiger partial charge in [0.05, 0.1) is 12.5 Å². The standard InChI is InChI=1S/C13H10ClNO2/c14-10-3-1-9(2-4-10)12-5-6-13(17-12)11(16)7-8-15/h1-6,11,16H,7H2/t11-/m0/s1. The second kappa shape index (κ2) is 5.05. The molecule has 86 valence electrons. The lowest BCUT2D eigenvalue weighted by Gasteiger charge is -2.01. The number of hydrogen-bond donors (Lipinski definition) is 1. The molecule has 1 N–H and O–H groups in total. The fourth-order valence-corrected chi connectivity index (χ4v) is 1.61. The topological polar surface area (TPSA) is 57.2 Å². The molecule has 0 saturated heterocycles. The SMILES string of the molecule is N#CC[C@H](O)c1ccc(-c2ccc(Cl)cc2)o1. The van der Waals surface area contributed by atoms with Gasteiger partial charge in [-0.3, -0.25) is 0 Å². The van der Waals surface area contributed by atoms with Crippen molar-refractivity contribution in [1.29, 1.82) is 5.26 Å². The maximum absolute atomic E-state index is 9.59. The lowest BCUT2D eigenvalue weighted by Crippen LogP contribution is -1.92. The summed E-state index contributed by atoms with van der Waals surface area (Å²) < 4.78 is 5.48. The van der Waals surface area contributed by atoms with E-state index in [-0.39, 0.29) is 6.42 Å². The monoisotopic (exact) mass is 247 g/mol. The van der Waals surface area contributed by atoms with Gasteiger partial charge in [-0.05, 0) is 36.4 Å². The van der Waals surface area contributed by atoms with Gasteiger partial charge in [-0.2, -0.15) is 5.26 Å². The van der Waals surface area contributed by atoms with E-state index in [9.17, 15) is 5.11 Å². The van der Waals surface area contributed by atoms with E-state index in [1.807, 2.05) is 18.2 Å². The molecule has 1 aromatic carbocycles. The maximum Gasteiger partial charge on any atom is 0.134 e. The third kappa shape index (κ3) is 2.68. The van der Waals surface area contributed by atoms with Gasteiger partial charge in [0.2, 0.25) is 0 Å². The third-order valence-electron chi connectivity index (χ3n) is 2.37. The van der Waals surface area contributed by atoms with Crippen LogP contribution >= 0.6 is 11.6 Å². The molecule has 1 atom stereocenters. The Bertz CT molecular complexity index is 539. The first-order chi connectivity index (χ1) is 8.20.